The maximum Gasteiger partial charge on any atom is 0.255 e. The number of hydrogen-bond donors (Lipinski definition) is 2. The molecule has 0 spiro atoms. The second-order valence-corrected chi connectivity index (χ2v) is 7.56. The van der Waals surface area contributed by atoms with E-state index in [4.69, 9.17) is 0 Å². The molecule has 0 unspecified atom stereocenters. The maximum absolute atomic E-state index is 12.4. The summed E-state index contributed by atoms with van der Waals surface area (Å²) in [4.78, 5) is 24.6. The Morgan fingerprint density at radius 2 is 1.58 bits per heavy atom. The average molecular weight is 389 g/mol. The highest BCUT2D eigenvalue weighted by Gasteiger charge is 2.16. The maximum atomic E-state index is 12.4. The van der Waals surface area contributed by atoms with Crippen molar-refractivity contribution in [1.29, 1.82) is 0 Å². The van der Waals surface area contributed by atoms with E-state index in [2.05, 4.69) is 26.6 Å². The van der Waals surface area contributed by atoms with Gasteiger partial charge in [0.1, 0.15) is 0 Å². The summed E-state index contributed by atoms with van der Waals surface area (Å²) in [5, 5.41) is 5.74. The zero-order valence-corrected chi connectivity index (χ0v) is 15.8. The molecule has 126 valence electrons. The molecule has 2 rings (SSSR count). The standard InChI is InChI=1S/C19H21BrN2O2/c1-12-10-15(8-9-16(12)20)21-17(23)13-6-5-7-14(11-13)18(24)22-19(2,3)4/h5-11H,1-4H3,(H,21,23)(H,22,24). The molecule has 2 amide bonds. The van der Waals surface area contributed by atoms with Gasteiger partial charge in [-0.15, -0.1) is 0 Å². The Morgan fingerprint density at radius 1 is 0.958 bits per heavy atom. The Kier molecular flexibility index (Phi) is 5.44. The summed E-state index contributed by atoms with van der Waals surface area (Å²) in [6, 6.07) is 12.3. The Labute approximate surface area is 150 Å². The van der Waals surface area contributed by atoms with Gasteiger partial charge in [-0.3, -0.25) is 9.59 Å². The van der Waals surface area contributed by atoms with Crippen LogP contribution in [0.15, 0.2) is 46.9 Å². The molecule has 0 aliphatic heterocycles. The number of nitrogens with one attached hydrogen (secondary N) is 2. The van der Waals surface area contributed by atoms with Gasteiger partial charge in [0.15, 0.2) is 0 Å². The van der Waals surface area contributed by atoms with Crippen molar-refractivity contribution >= 4 is 33.4 Å². The molecule has 5 heteroatoms. The smallest absolute Gasteiger partial charge is 0.255 e. The van der Waals surface area contributed by atoms with Gasteiger partial charge in [-0.05, 0) is 69.7 Å². The number of halogens is 1. The first-order chi connectivity index (χ1) is 11.2. The van der Waals surface area contributed by atoms with Crippen LogP contribution in [0.3, 0.4) is 0 Å². The van der Waals surface area contributed by atoms with Crippen molar-refractivity contribution in [3.8, 4) is 0 Å². The number of anilines is 1. The molecule has 0 aliphatic rings. The van der Waals surface area contributed by atoms with Crippen molar-refractivity contribution in [3.05, 3.63) is 63.6 Å². The predicted octanol–water partition coefficient (Wildman–Crippen LogP) is 4.54. The third kappa shape index (κ3) is 4.93. The van der Waals surface area contributed by atoms with Crippen LogP contribution in [0.1, 0.15) is 47.1 Å². The fraction of sp³-hybridized carbons (Fsp3) is 0.263. The lowest BCUT2D eigenvalue weighted by molar-refractivity contribution is 0.0919. The molecule has 0 radical (unpaired) electrons. The molecule has 0 aliphatic carbocycles. The normalized spacial score (nSPS) is 11.0. The summed E-state index contributed by atoms with van der Waals surface area (Å²) in [6.45, 7) is 7.70. The molecular formula is C19H21BrN2O2. The molecule has 0 aromatic heterocycles. The van der Waals surface area contributed by atoms with Gasteiger partial charge in [-0.1, -0.05) is 22.0 Å². The van der Waals surface area contributed by atoms with Gasteiger partial charge in [0.25, 0.3) is 11.8 Å². The van der Waals surface area contributed by atoms with Crippen molar-refractivity contribution < 1.29 is 9.59 Å². The van der Waals surface area contributed by atoms with Crippen molar-refractivity contribution in [2.24, 2.45) is 0 Å². The Hall–Kier alpha value is -2.14. The molecule has 0 saturated carbocycles. The first kappa shape index (κ1) is 18.2. The summed E-state index contributed by atoms with van der Waals surface area (Å²) < 4.78 is 0.987. The van der Waals surface area contributed by atoms with Crippen molar-refractivity contribution in [3.63, 3.8) is 0 Å². The number of carbonyl (C=O) groups excluding carboxylic acids is 2. The van der Waals surface area contributed by atoms with Gasteiger partial charge < -0.3 is 10.6 Å². The SMILES string of the molecule is Cc1cc(NC(=O)c2cccc(C(=O)NC(C)(C)C)c2)ccc1Br. The first-order valence-corrected chi connectivity index (χ1v) is 8.45. The van der Waals surface area contributed by atoms with E-state index in [1.165, 1.54) is 0 Å². The lowest BCUT2D eigenvalue weighted by Gasteiger charge is -2.20. The van der Waals surface area contributed by atoms with Crippen LogP contribution in [0.5, 0.6) is 0 Å². The van der Waals surface area contributed by atoms with Crippen molar-refractivity contribution in [2.75, 3.05) is 5.32 Å². The summed E-state index contributed by atoms with van der Waals surface area (Å²) in [6.07, 6.45) is 0. The topological polar surface area (TPSA) is 58.2 Å². The van der Waals surface area contributed by atoms with E-state index in [0.717, 1.165) is 10.0 Å². The zero-order valence-electron chi connectivity index (χ0n) is 14.2. The molecule has 4 nitrogen and oxygen atoms in total. The highest BCUT2D eigenvalue weighted by atomic mass is 79.9. The minimum absolute atomic E-state index is 0.198. The highest BCUT2D eigenvalue weighted by molar-refractivity contribution is 9.10. The summed E-state index contributed by atoms with van der Waals surface area (Å²) in [5.74, 6) is -0.446. The largest absolute Gasteiger partial charge is 0.347 e. The zero-order chi connectivity index (χ0) is 17.9. The Morgan fingerprint density at radius 3 is 2.17 bits per heavy atom. The second kappa shape index (κ2) is 7.18. The molecule has 2 aromatic rings. The van der Waals surface area contributed by atoms with Gasteiger partial charge >= 0.3 is 0 Å². The number of aryl methyl sites for hydroxylation is 1. The van der Waals surface area contributed by atoms with Gasteiger partial charge in [0, 0.05) is 26.8 Å². The molecule has 0 fully saturated rings. The van der Waals surface area contributed by atoms with E-state index >= 15 is 0 Å². The minimum Gasteiger partial charge on any atom is -0.347 e. The summed E-state index contributed by atoms with van der Waals surface area (Å²) >= 11 is 3.43. The Balaban J connectivity index is 2.16. The first-order valence-electron chi connectivity index (χ1n) is 7.66. The van der Waals surface area contributed by atoms with Crippen LogP contribution in [0.25, 0.3) is 0 Å². The number of amides is 2. The Bertz CT molecular complexity index is 779. The number of rotatable bonds is 3. The lowest BCUT2D eigenvalue weighted by Crippen LogP contribution is -2.40. The van der Waals surface area contributed by atoms with Crippen LogP contribution in [-0.2, 0) is 0 Å². The summed E-state index contributed by atoms with van der Waals surface area (Å²) in [7, 11) is 0. The number of benzene rings is 2. The van der Waals surface area contributed by atoms with Crippen LogP contribution in [0, 0.1) is 6.92 Å². The van der Waals surface area contributed by atoms with E-state index < -0.39 is 0 Å². The van der Waals surface area contributed by atoms with Crippen LogP contribution in [0.4, 0.5) is 5.69 Å². The minimum atomic E-state index is -0.329. The molecule has 0 saturated heterocycles. The third-order valence-electron chi connectivity index (χ3n) is 3.29. The fourth-order valence-corrected chi connectivity index (χ4v) is 2.39. The van der Waals surface area contributed by atoms with Crippen molar-refractivity contribution in [1.82, 2.24) is 5.32 Å². The molecule has 0 atom stereocenters. The van der Waals surface area contributed by atoms with Gasteiger partial charge in [0.2, 0.25) is 0 Å². The monoisotopic (exact) mass is 388 g/mol. The second-order valence-electron chi connectivity index (χ2n) is 6.70. The lowest BCUT2D eigenvalue weighted by atomic mass is 10.1. The molecule has 0 heterocycles. The van der Waals surface area contributed by atoms with Crippen LogP contribution in [-0.4, -0.2) is 17.4 Å². The van der Waals surface area contributed by atoms with Gasteiger partial charge in [-0.25, -0.2) is 0 Å². The summed E-state index contributed by atoms with van der Waals surface area (Å²) in [5.41, 5.74) is 2.32. The van der Waals surface area contributed by atoms with Crippen LogP contribution in [0.2, 0.25) is 0 Å². The van der Waals surface area contributed by atoms with E-state index in [1.807, 2.05) is 45.9 Å². The van der Waals surface area contributed by atoms with Crippen LogP contribution < -0.4 is 10.6 Å². The highest BCUT2D eigenvalue weighted by Crippen LogP contribution is 2.20. The van der Waals surface area contributed by atoms with E-state index in [9.17, 15) is 9.59 Å². The predicted molar refractivity (Wildman–Crippen MR) is 100 cm³/mol. The van der Waals surface area contributed by atoms with Gasteiger partial charge in [-0.2, -0.15) is 0 Å². The van der Waals surface area contributed by atoms with Crippen molar-refractivity contribution in [2.45, 2.75) is 33.2 Å². The quantitative estimate of drug-likeness (QED) is 0.810. The third-order valence-corrected chi connectivity index (χ3v) is 4.18. The average Bonchev–Trinajstić information content (AvgIpc) is 2.49. The molecular weight excluding hydrogens is 368 g/mol. The van der Waals surface area contributed by atoms with Gasteiger partial charge in [0.05, 0.1) is 0 Å². The number of hydrogen-bond acceptors (Lipinski definition) is 2. The van der Waals surface area contributed by atoms with Crippen LogP contribution >= 0.6 is 15.9 Å². The molecule has 2 aromatic carbocycles. The van der Waals surface area contributed by atoms with E-state index in [0.29, 0.717) is 16.8 Å². The molecule has 0 bridgehead atoms. The fourth-order valence-electron chi connectivity index (χ4n) is 2.14. The molecule has 2 N–H and O–H groups in total. The number of carbonyl (C=O) groups is 2. The van der Waals surface area contributed by atoms with E-state index in [-0.39, 0.29) is 17.4 Å². The molecule has 24 heavy (non-hydrogen) atoms. The van der Waals surface area contributed by atoms with E-state index in [1.54, 1.807) is 24.3 Å².